The lowest BCUT2D eigenvalue weighted by atomic mass is 10.1. The van der Waals surface area contributed by atoms with Gasteiger partial charge in [-0.2, -0.15) is 0 Å². The molecule has 1 aliphatic heterocycles. The monoisotopic (exact) mass is 348 g/mol. The maximum atomic E-state index is 12.9. The fourth-order valence-corrected chi connectivity index (χ4v) is 2.08. The maximum Gasteiger partial charge on any atom is 0.280 e. The third-order valence-corrected chi connectivity index (χ3v) is 3.34. The topological polar surface area (TPSA) is 88.7 Å². The average molecular weight is 348 g/mol. The quantitative estimate of drug-likeness (QED) is 0.684. The van der Waals surface area contributed by atoms with Crippen molar-refractivity contribution in [3.8, 4) is 5.75 Å². The molecule has 1 amide bonds. The van der Waals surface area contributed by atoms with Crippen molar-refractivity contribution in [3.63, 3.8) is 0 Å². The lowest BCUT2D eigenvalue weighted by Gasteiger charge is -2.18. The number of ether oxygens (including phenoxy) is 1. The molecule has 1 aromatic rings. The Balaban J connectivity index is 2.08. The number of carbonyl (C=O) groups excluding carboxylic acids is 1. The van der Waals surface area contributed by atoms with Crippen LogP contribution < -0.4 is 21.1 Å². The van der Waals surface area contributed by atoms with E-state index in [4.69, 9.17) is 10.5 Å². The van der Waals surface area contributed by atoms with E-state index in [1.54, 1.807) is 31.4 Å². The summed E-state index contributed by atoms with van der Waals surface area (Å²) in [5.74, 6) is 0.0774. The third kappa shape index (κ3) is 4.66. The van der Waals surface area contributed by atoms with Gasteiger partial charge in [-0.15, -0.1) is 0 Å². The molecule has 1 aromatic carbocycles. The van der Waals surface area contributed by atoms with Gasteiger partial charge in [-0.1, -0.05) is 18.7 Å². The van der Waals surface area contributed by atoms with E-state index in [9.17, 15) is 13.6 Å². The first-order chi connectivity index (χ1) is 11.9. The SMILES string of the molecule is C=C1C=C(C(F)F)N=C(C(=CN)C(=O)NCc2ccc(OC)cc2)N1. The summed E-state index contributed by atoms with van der Waals surface area (Å²) in [6, 6.07) is 7.11. The minimum absolute atomic E-state index is 0.0547. The molecule has 0 bridgehead atoms. The summed E-state index contributed by atoms with van der Waals surface area (Å²) in [6.45, 7) is 3.80. The summed E-state index contributed by atoms with van der Waals surface area (Å²) in [5.41, 5.74) is 5.97. The van der Waals surface area contributed by atoms with E-state index in [2.05, 4.69) is 22.2 Å². The van der Waals surface area contributed by atoms with Crippen LogP contribution >= 0.6 is 0 Å². The van der Waals surface area contributed by atoms with Gasteiger partial charge in [0.15, 0.2) is 0 Å². The summed E-state index contributed by atoms with van der Waals surface area (Å²) >= 11 is 0. The van der Waals surface area contributed by atoms with Crippen molar-refractivity contribution >= 4 is 11.7 Å². The van der Waals surface area contributed by atoms with Gasteiger partial charge in [-0.25, -0.2) is 13.8 Å². The van der Waals surface area contributed by atoms with Crippen molar-refractivity contribution in [2.24, 2.45) is 10.7 Å². The largest absolute Gasteiger partial charge is 0.497 e. The lowest BCUT2D eigenvalue weighted by molar-refractivity contribution is -0.117. The highest BCUT2D eigenvalue weighted by Crippen LogP contribution is 2.17. The summed E-state index contributed by atoms with van der Waals surface area (Å²) in [4.78, 5) is 16.0. The van der Waals surface area contributed by atoms with Gasteiger partial charge in [-0.3, -0.25) is 4.79 Å². The molecule has 0 saturated heterocycles. The molecule has 8 heteroatoms. The first kappa shape index (κ1) is 18.2. The van der Waals surface area contributed by atoms with Crippen LogP contribution in [0.3, 0.4) is 0 Å². The third-order valence-electron chi connectivity index (χ3n) is 3.34. The number of hydrogen-bond donors (Lipinski definition) is 3. The summed E-state index contributed by atoms with van der Waals surface area (Å²) < 4.78 is 30.8. The number of benzene rings is 1. The molecule has 0 fully saturated rings. The van der Waals surface area contributed by atoms with Gasteiger partial charge in [0, 0.05) is 18.4 Å². The van der Waals surface area contributed by atoms with E-state index in [0.717, 1.165) is 17.8 Å². The number of nitrogens with one attached hydrogen (secondary N) is 2. The Labute approximate surface area is 143 Å². The van der Waals surface area contributed by atoms with Crippen LogP contribution in [0.1, 0.15) is 5.56 Å². The number of methoxy groups -OCH3 is 1. The summed E-state index contributed by atoms with van der Waals surface area (Å²) in [6.07, 6.45) is -0.663. The number of alkyl halides is 2. The second-order valence-electron chi connectivity index (χ2n) is 5.09. The van der Waals surface area contributed by atoms with Crippen LogP contribution in [0.2, 0.25) is 0 Å². The van der Waals surface area contributed by atoms with Crippen LogP contribution in [0.25, 0.3) is 0 Å². The normalized spacial score (nSPS) is 14.6. The molecular weight excluding hydrogens is 330 g/mol. The predicted molar refractivity (Wildman–Crippen MR) is 90.9 cm³/mol. The molecule has 2 rings (SSSR count). The molecule has 25 heavy (non-hydrogen) atoms. The Hall–Kier alpha value is -3.16. The number of allylic oxidation sites excluding steroid dienone is 2. The van der Waals surface area contributed by atoms with Crippen molar-refractivity contribution in [2.45, 2.75) is 13.0 Å². The fraction of sp³-hybridized carbons (Fsp3) is 0.176. The number of amidine groups is 1. The molecule has 0 radical (unpaired) electrons. The van der Waals surface area contributed by atoms with E-state index in [-0.39, 0.29) is 23.7 Å². The Kier molecular flexibility index (Phi) is 5.89. The number of hydrogen-bond acceptors (Lipinski definition) is 5. The number of halogens is 2. The molecule has 4 N–H and O–H groups in total. The van der Waals surface area contributed by atoms with Crippen molar-refractivity contribution in [1.82, 2.24) is 10.6 Å². The predicted octanol–water partition coefficient (Wildman–Crippen LogP) is 1.82. The molecule has 1 heterocycles. The second kappa shape index (κ2) is 8.09. The Morgan fingerprint density at radius 1 is 1.44 bits per heavy atom. The van der Waals surface area contributed by atoms with Gasteiger partial charge in [0.05, 0.1) is 12.7 Å². The minimum atomic E-state index is -2.78. The number of amides is 1. The number of nitrogens with two attached hydrogens (primary N) is 1. The maximum absolute atomic E-state index is 12.9. The smallest absolute Gasteiger partial charge is 0.280 e. The van der Waals surface area contributed by atoms with Crippen LogP contribution in [0.15, 0.2) is 65.1 Å². The van der Waals surface area contributed by atoms with Gasteiger partial charge in [0.1, 0.15) is 17.3 Å². The molecule has 0 aliphatic carbocycles. The van der Waals surface area contributed by atoms with E-state index in [0.29, 0.717) is 5.75 Å². The molecule has 0 aromatic heterocycles. The van der Waals surface area contributed by atoms with Gasteiger partial charge in [-0.05, 0) is 23.8 Å². The number of carbonyl (C=O) groups is 1. The van der Waals surface area contributed by atoms with Gasteiger partial charge < -0.3 is 21.1 Å². The molecule has 6 nitrogen and oxygen atoms in total. The zero-order valence-electron chi connectivity index (χ0n) is 13.6. The van der Waals surface area contributed by atoms with Crippen LogP contribution in [-0.4, -0.2) is 25.3 Å². The highest BCUT2D eigenvalue weighted by molar-refractivity contribution is 6.21. The van der Waals surface area contributed by atoms with E-state index >= 15 is 0 Å². The number of rotatable bonds is 6. The van der Waals surface area contributed by atoms with Crippen molar-refractivity contribution < 1.29 is 18.3 Å². The van der Waals surface area contributed by atoms with Crippen molar-refractivity contribution in [2.75, 3.05) is 7.11 Å². The van der Waals surface area contributed by atoms with Gasteiger partial charge >= 0.3 is 0 Å². The average Bonchev–Trinajstić information content (AvgIpc) is 2.60. The van der Waals surface area contributed by atoms with E-state index in [1.807, 2.05) is 0 Å². The second-order valence-corrected chi connectivity index (χ2v) is 5.09. The van der Waals surface area contributed by atoms with E-state index < -0.39 is 18.0 Å². The fourth-order valence-electron chi connectivity index (χ4n) is 2.08. The van der Waals surface area contributed by atoms with Crippen LogP contribution in [0.4, 0.5) is 8.78 Å². The summed E-state index contributed by atoms with van der Waals surface area (Å²) in [7, 11) is 1.56. The minimum Gasteiger partial charge on any atom is -0.497 e. The Bertz CT molecular complexity index is 752. The molecular formula is C17H18F2N4O2. The van der Waals surface area contributed by atoms with Gasteiger partial charge in [0.25, 0.3) is 12.3 Å². The lowest BCUT2D eigenvalue weighted by Crippen LogP contribution is -2.36. The van der Waals surface area contributed by atoms with Crippen LogP contribution in [-0.2, 0) is 11.3 Å². The highest BCUT2D eigenvalue weighted by Gasteiger charge is 2.22. The number of aliphatic imine (C=N–C) groups is 1. The standard InChI is InChI=1S/C17H18F2N4O2/c1-10-7-14(15(18)19)23-16(22-10)13(8-20)17(24)21-9-11-3-5-12(25-2)6-4-11/h3-8,15H,1,9,20H2,2H3,(H,21,24)(H,22,23). The van der Waals surface area contributed by atoms with Crippen LogP contribution in [0.5, 0.6) is 5.75 Å². The molecule has 1 aliphatic rings. The molecule has 0 unspecified atom stereocenters. The molecule has 0 spiro atoms. The summed E-state index contributed by atoms with van der Waals surface area (Å²) in [5, 5.41) is 5.32. The van der Waals surface area contributed by atoms with Gasteiger partial charge in [0.2, 0.25) is 0 Å². The Morgan fingerprint density at radius 2 is 2.12 bits per heavy atom. The molecule has 132 valence electrons. The number of nitrogens with zero attached hydrogens (tertiary/aromatic N) is 1. The highest BCUT2D eigenvalue weighted by atomic mass is 19.3. The zero-order valence-corrected chi connectivity index (χ0v) is 13.6. The van der Waals surface area contributed by atoms with Crippen molar-refractivity contribution in [3.05, 3.63) is 65.7 Å². The van der Waals surface area contributed by atoms with Crippen LogP contribution in [0, 0.1) is 0 Å². The van der Waals surface area contributed by atoms with Crippen molar-refractivity contribution in [1.29, 1.82) is 0 Å². The Morgan fingerprint density at radius 3 is 2.68 bits per heavy atom. The first-order valence-electron chi connectivity index (χ1n) is 7.32. The molecule has 0 saturated carbocycles. The first-order valence-corrected chi connectivity index (χ1v) is 7.32. The van der Waals surface area contributed by atoms with E-state index in [1.165, 1.54) is 0 Å². The molecule has 0 atom stereocenters. The zero-order chi connectivity index (χ0) is 18.4.